The summed E-state index contributed by atoms with van der Waals surface area (Å²) in [7, 11) is -3.52. The molecule has 1 aromatic carbocycles. The predicted octanol–water partition coefficient (Wildman–Crippen LogP) is 1.57. The molecule has 0 aromatic heterocycles. The quantitative estimate of drug-likeness (QED) is 0.870. The number of nitrogens with zero attached hydrogens (tertiary/aromatic N) is 1. The fraction of sp³-hybridized carbons (Fsp3) is 0.500. The van der Waals surface area contributed by atoms with Gasteiger partial charge in [-0.3, -0.25) is 0 Å². The highest BCUT2D eigenvalue weighted by molar-refractivity contribution is 7.89. The number of para-hydroxylation sites is 1. The number of fused-ring (bicyclic) bond motifs is 2. The average Bonchev–Trinajstić information content (AvgIpc) is 2.91. The van der Waals surface area contributed by atoms with Crippen LogP contribution in [0.3, 0.4) is 0 Å². The molecule has 0 radical (unpaired) electrons. The zero-order chi connectivity index (χ0) is 12.0. The number of phenols is 1. The summed E-state index contributed by atoms with van der Waals surface area (Å²) < 4.78 is 26.4. The highest BCUT2D eigenvalue weighted by Gasteiger charge is 2.44. The van der Waals surface area contributed by atoms with Crippen molar-refractivity contribution < 1.29 is 13.5 Å². The van der Waals surface area contributed by atoms with Crippen LogP contribution < -0.4 is 0 Å². The largest absolute Gasteiger partial charge is 0.507 e. The van der Waals surface area contributed by atoms with Gasteiger partial charge in [0.25, 0.3) is 0 Å². The van der Waals surface area contributed by atoms with Crippen molar-refractivity contribution >= 4 is 10.0 Å². The van der Waals surface area contributed by atoms with Crippen LogP contribution in [0.2, 0.25) is 0 Å². The Hall–Kier alpha value is -1.07. The van der Waals surface area contributed by atoms with Gasteiger partial charge in [-0.1, -0.05) is 12.1 Å². The van der Waals surface area contributed by atoms with Crippen molar-refractivity contribution in [3.8, 4) is 5.75 Å². The maximum atomic E-state index is 12.4. The highest BCUT2D eigenvalue weighted by Crippen LogP contribution is 2.41. The summed E-state index contributed by atoms with van der Waals surface area (Å²) in [5, 5.41) is 9.67. The van der Waals surface area contributed by atoms with E-state index >= 15 is 0 Å². The molecule has 1 heterocycles. The van der Waals surface area contributed by atoms with Gasteiger partial charge in [0.05, 0.1) is 0 Å². The van der Waals surface area contributed by atoms with E-state index in [1.54, 1.807) is 16.4 Å². The van der Waals surface area contributed by atoms with Gasteiger partial charge in [0, 0.05) is 12.6 Å². The third kappa shape index (κ3) is 1.65. The van der Waals surface area contributed by atoms with E-state index in [0.29, 0.717) is 12.5 Å². The lowest BCUT2D eigenvalue weighted by atomic mass is 10.1. The van der Waals surface area contributed by atoms with Crippen molar-refractivity contribution in [3.05, 3.63) is 24.3 Å². The number of benzene rings is 1. The van der Waals surface area contributed by atoms with E-state index in [1.165, 1.54) is 12.1 Å². The molecule has 1 aliphatic heterocycles. The maximum absolute atomic E-state index is 12.4. The minimum atomic E-state index is -3.52. The van der Waals surface area contributed by atoms with Gasteiger partial charge in [0.1, 0.15) is 10.6 Å². The number of sulfonamides is 1. The molecule has 2 unspecified atom stereocenters. The maximum Gasteiger partial charge on any atom is 0.247 e. The number of phenolic OH excluding ortho intramolecular Hbond substituents is 1. The Morgan fingerprint density at radius 1 is 1.24 bits per heavy atom. The van der Waals surface area contributed by atoms with Gasteiger partial charge in [-0.25, -0.2) is 8.42 Å². The van der Waals surface area contributed by atoms with Crippen LogP contribution in [0.4, 0.5) is 0 Å². The third-order valence-electron chi connectivity index (χ3n) is 3.81. The summed E-state index contributed by atoms with van der Waals surface area (Å²) in [4.78, 5) is 0.0348. The third-order valence-corrected chi connectivity index (χ3v) is 5.78. The van der Waals surface area contributed by atoms with Crippen LogP contribution in [-0.2, 0) is 10.0 Å². The molecule has 1 saturated heterocycles. The first-order valence-corrected chi connectivity index (χ1v) is 7.33. The minimum absolute atomic E-state index is 0.0348. The van der Waals surface area contributed by atoms with Crippen LogP contribution in [0, 0.1) is 5.92 Å². The van der Waals surface area contributed by atoms with E-state index in [1.807, 2.05) is 0 Å². The molecule has 1 saturated carbocycles. The first-order chi connectivity index (χ1) is 8.09. The van der Waals surface area contributed by atoms with E-state index in [2.05, 4.69) is 0 Å². The SMILES string of the molecule is O=S(=O)(c1ccccc1O)N1CC2CCC1C2. The number of rotatable bonds is 2. The summed E-state index contributed by atoms with van der Waals surface area (Å²) in [6, 6.07) is 6.30. The van der Waals surface area contributed by atoms with E-state index in [-0.39, 0.29) is 16.7 Å². The first-order valence-electron chi connectivity index (χ1n) is 5.89. The predicted molar refractivity (Wildman–Crippen MR) is 63.1 cm³/mol. The first kappa shape index (κ1) is 11.0. The van der Waals surface area contributed by atoms with E-state index < -0.39 is 10.0 Å². The van der Waals surface area contributed by atoms with Crippen LogP contribution in [0.15, 0.2) is 29.2 Å². The summed E-state index contributed by atoms with van der Waals surface area (Å²) >= 11 is 0. The topological polar surface area (TPSA) is 57.6 Å². The van der Waals surface area contributed by atoms with Crippen molar-refractivity contribution in [3.63, 3.8) is 0 Å². The molecule has 1 aliphatic carbocycles. The fourth-order valence-corrected chi connectivity index (χ4v) is 4.80. The Morgan fingerprint density at radius 3 is 2.59 bits per heavy atom. The molecule has 2 atom stereocenters. The van der Waals surface area contributed by atoms with Crippen molar-refractivity contribution in [2.45, 2.75) is 30.2 Å². The molecule has 0 amide bonds. The van der Waals surface area contributed by atoms with Crippen LogP contribution in [0.1, 0.15) is 19.3 Å². The number of hydrogen-bond acceptors (Lipinski definition) is 3. The minimum Gasteiger partial charge on any atom is -0.507 e. The van der Waals surface area contributed by atoms with Gasteiger partial charge in [-0.2, -0.15) is 4.31 Å². The summed E-state index contributed by atoms with van der Waals surface area (Å²) in [5.41, 5.74) is 0. The molecule has 2 fully saturated rings. The van der Waals surface area contributed by atoms with Crippen molar-refractivity contribution in [1.29, 1.82) is 0 Å². The van der Waals surface area contributed by atoms with Gasteiger partial charge >= 0.3 is 0 Å². The second-order valence-electron chi connectivity index (χ2n) is 4.88. The van der Waals surface area contributed by atoms with Crippen LogP contribution in [0.5, 0.6) is 5.75 Å². The van der Waals surface area contributed by atoms with E-state index in [9.17, 15) is 13.5 Å². The summed E-state index contributed by atoms with van der Waals surface area (Å²) in [6.45, 7) is 0.612. The lowest BCUT2D eigenvalue weighted by Crippen LogP contribution is -2.37. The summed E-state index contributed by atoms with van der Waals surface area (Å²) in [6.07, 6.45) is 3.07. The number of aromatic hydroxyl groups is 1. The van der Waals surface area contributed by atoms with E-state index in [4.69, 9.17) is 0 Å². The molecule has 1 N–H and O–H groups in total. The van der Waals surface area contributed by atoms with Crippen LogP contribution >= 0.6 is 0 Å². The Labute approximate surface area is 101 Å². The van der Waals surface area contributed by atoms with E-state index in [0.717, 1.165) is 19.3 Å². The van der Waals surface area contributed by atoms with Gasteiger partial charge in [-0.15, -0.1) is 0 Å². The molecule has 5 heteroatoms. The molecule has 1 aromatic rings. The number of piperidine rings is 1. The van der Waals surface area contributed by atoms with Crippen LogP contribution in [-0.4, -0.2) is 30.4 Å². The Kier molecular flexibility index (Phi) is 2.41. The zero-order valence-corrected chi connectivity index (χ0v) is 10.2. The Morgan fingerprint density at radius 2 is 2.00 bits per heavy atom. The lowest BCUT2D eigenvalue weighted by molar-refractivity contribution is 0.331. The zero-order valence-electron chi connectivity index (χ0n) is 9.41. The molecule has 3 rings (SSSR count). The molecule has 17 heavy (non-hydrogen) atoms. The summed E-state index contributed by atoms with van der Waals surface area (Å²) in [5.74, 6) is 0.357. The molecule has 0 spiro atoms. The average molecular weight is 253 g/mol. The van der Waals surface area contributed by atoms with Crippen molar-refractivity contribution in [2.24, 2.45) is 5.92 Å². The van der Waals surface area contributed by atoms with Gasteiger partial charge in [-0.05, 0) is 37.3 Å². The van der Waals surface area contributed by atoms with Gasteiger partial charge < -0.3 is 5.11 Å². The second kappa shape index (κ2) is 3.71. The number of hydrogen-bond donors (Lipinski definition) is 1. The molecular formula is C12H15NO3S. The second-order valence-corrected chi connectivity index (χ2v) is 6.73. The smallest absolute Gasteiger partial charge is 0.247 e. The molecule has 92 valence electrons. The monoisotopic (exact) mass is 253 g/mol. The molecule has 2 aliphatic rings. The van der Waals surface area contributed by atoms with Gasteiger partial charge in [0.2, 0.25) is 10.0 Å². The Balaban J connectivity index is 2.00. The lowest BCUT2D eigenvalue weighted by Gasteiger charge is -2.26. The highest BCUT2D eigenvalue weighted by atomic mass is 32.2. The van der Waals surface area contributed by atoms with Crippen LogP contribution in [0.25, 0.3) is 0 Å². The molecule has 4 nitrogen and oxygen atoms in total. The standard InChI is InChI=1S/C12H15NO3S/c14-11-3-1-2-4-12(11)17(15,16)13-8-9-5-6-10(13)7-9/h1-4,9-10,14H,5-8H2. The fourth-order valence-electron chi connectivity index (χ4n) is 2.98. The molecule has 2 bridgehead atoms. The molecular weight excluding hydrogens is 238 g/mol. The van der Waals surface area contributed by atoms with Gasteiger partial charge in [0.15, 0.2) is 0 Å². The normalized spacial score (nSPS) is 28.7. The Bertz CT molecular complexity index is 540. The van der Waals surface area contributed by atoms with Crippen molar-refractivity contribution in [1.82, 2.24) is 4.31 Å². The van der Waals surface area contributed by atoms with Crippen molar-refractivity contribution in [2.75, 3.05) is 6.54 Å².